The second kappa shape index (κ2) is 5.80. The van der Waals surface area contributed by atoms with E-state index in [0.717, 1.165) is 10.0 Å². The van der Waals surface area contributed by atoms with Crippen molar-refractivity contribution in [1.29, 1.82) is 0 Å². The standard InChI is InChI=1S/C11H16BrNO2S/c1-13-10(8-16(2,14)15)7-9-5-3-4-6-11(9)12/h3-6,10,13H,7-8H2,1-2H3. The van der Waals surface area contributed by atoms with Crippen molar-refractivity contribution < 1.29 is 8.42 Å². The largest absolute Gasteiger partial charge is 0.316 e. The van der Waals surface area contributed by atoms with Gasteiger partial charge in [-0.15, -0.1) is 0 Å². The quantitative estimate of drug-likeness (QED) is 0.899. The molecular formula is C11H16BrNO2S. The van der Waals surface area contributed by atoms with Crippen LogP contribution < -0.4 is 5.32 Å². The van der Waals surface area contributed by atoms with E-state index in [1.807, 2.05) is 24.3 Å². The fourth-order valence-corrected chi connectivity index (χ4v) is 3.00. The minimum atomic E-state index is -2.95. The van der Waals surface area contributed by atoms with Crippen molar-refractivity contribution in [3.05, 3.63) is 34.3 Å². The molecule has 3 nitrogen and oxygen atoms in total. The molecule has 1 aromatic rings. The lowest BCUT2D eigenvalue weighted by molar-refractivity contribution is 0.566. The maximum absolute atomic E-state index is 11.2. The number of hydrogen-bond donors (Lipinski definition) is 1. The summed E-state index contributed by atoms with van der Waals surface area (Å²) < 4.78 is 23.5. The van der Waals surface area contributed by atoms with E-state index < -0.39 is 9.84 Å². The van der Waals surface area contributed by atoms with Crippen LogP contribution >= 0.6 is 15.9 Å². The Morgan fingerprint density at radius 2 is 2.00 bits per heavy atom. The van der Waals surface area contributed by atoms with Crippen LogP contribution in [0, 0.1) is 0 Å². The molecule has 16 heavy (non-hydrogen) atoms. The summed E-state index contributed by atoms with van der Waals surface area (Å²) in [4.78, 5) is 0. The van der Waals surface area contributed by atoms with Gasteiger partial charge in [-0.3, -0.25) is 0 Å². The highest BCUT2D eigenvalue weighted by Gasteiger charge is 2.14. The first-order chi connectivity index (χ1) is 7.42. The summed E-state index contributed by atoms with van der Waals surface area (Å²) in [5.74, 6) is 0.158. The van der Waals surface area contributed by atoms with Gasteiger partial charge in [0.2, 0.25) is 0 Å². The molecule has 1 unspecified atom stereocenters. The molecule has 0 aromatic heterocycles. The van der Waals surface area contributed by atoms with Crippen LogP contribution in [0.5, 0.6) is 0 Å². The molecule has 1 atom stereocenters. The molecule has 0 spiro atoms. The molecule has 0 bridgehead atoms. The van der Waals surface area contributed by atoms with Crippen molar-refractivity contribution in [3.8, 4) is 0 Å². The van der Waals surface area contributed by atoms with Crippen molar-refractivity contribution in [2.24, 2.45) is 0 Å². The fourth-order valence-electron chi connectivity index (χ4n) is 1.54. The lowest BCUT2D eigenvalue weighted by Gasteiger charge is -2.15. The maximum Gasteiger partial charge on any atom is 0.148 e. The summed E-state index contributed by atoms with van der Waals surface area (Å²) in [6.45, 7) is 0. The zero-order valence-electron chi connectivity index (χ0n) is 9.40. The van der Waals surface area contributed by atoms with E-state index in [-0.39, 0.29) is 11.8 Å². The molecule has 0 amide bonds. The number of sulfone groups is 1. The van der Waals surface area contributed by atoms with Gasteiger partial charge in [-0.1, -0.05) is 34.1 Å². The van der Waals surface area contributed by atoms with Crippen molar-refractivity contribution in [1.82, 2.24) is 5.32 Å². The summed E-state index contributed by atoms with van der Waals surface area (Å²) in [5, 5.41) is 3.03. The van der Waals surface area contributed by atoms with Crippen LogP contribution in [0.25, 0.3) is 0 Å². The van der Waals surface area contributed by atoms with Gasteiger partial charge in [-0.05, 0) is 25.1 Å². The molecule has 0 aliphatic heterocycles. The molecule has 0 aliphatic rings. The Bertz CT molecular complexity index is 445. The van der Waals surface area contributed by atoms with E-state index in [0.29, 0.717) is 6.42 Å². The van der Waals surface area contributed by atoms with Gasteiger partial charge < -0.3 is 5.32 Å². The zero-order valence-corrected chi connectivity index (χ0v) is 11.8. The van der Waals surface area contributed by atoms with Crippen LogP contribution in [-0.2, 0) is 16.3 Å². The minimum Gasteiger partial charge on any atom is -0.316 e. The normalized spacial score (nSPS) is 13.7. The van der Waals surface area contributed by atoms with Gasteiger partial charge in [-0.2, -0.15) is 0 Å². The van der Waals surface area contributed by atoms with Gasteiger partial charge in [0.15, 0.2) is 0 Å². The Morgan fingerprint density at radius 1 is 1.38 bits per heavy atom. The van der Waals surface area contributed by atoms with Crippen LogP contribution in [0.2, 0.25) is 0 Å². The molecule has 0 saturated heterocycles. The van der Waals surface area contributed by atoms with Crippen molar-refractivity contribution in [3.63, 3.8) is 0 Å². The Labute approximate surface area is 105 Å². The third kappa shape index (κ3) is 4.63. The van der Waals surface area contributed by atoms with Gasteiger partial charge >= 0.3 is 0 Å². The van der Waals surface area contributed by atoms with Gasteiger partial charge in [-0.25, -0.2) is 8.42 Å². The molecular weight excluding hydrogens is 290 g/mol. The van der Waals surface area contributed by atoms with Crippen LogP contribution in [0.15, 0.2) is 28.7 Å². The van der Waals surface area contributed by atoms with E-state index >= 15 is 0 Å². The SMILES string of the molecule is CNC(Cc1ccccc1Br)CS(C)(=O)=O. The smallest absolute Gasteiger partial charge is 0.148 e. The molecule has 0 aliphatic carbocycles. The molecule has 0 saturated carbocycles. The Hall–Kier alpha value is -0.390. The highest BCUT2D eigenvalue weighted by Crippen LogP contribution is 2.17. The molecule has 1 rings (SSSR count). The Morgan fingerprint density at radius 3 is 2.50 bits per heavy atom. The topological polar surface area (TPSA) is 46.2 Å². The van der Waals surface area contributed by atoms with Crippen LogP contribution in [0.1, 0.15) is 5.56 Å². The van der Waals surface area contributed by atoms with Crippen molar-refractivity contribution in [2.75, 3.05) is 19.1 Å². The first-order valence-electron chi connectivity index (χ1n) is 5.01. The predicted octanol–water partition coefficient (Wildman–Crippen LogP) is 1.62. The molecule has 5 heteroatoms. The van der Waals surface area contributed by atoms with E-state index in [4.69, 9.17) is 0 Å². The van der Waals surface area contributed by atoms with Gasteiger partial charge in [0.05, 0.1) is 5.75 Å². The highest BCUT2D eigenvalue weighted by atomic mass is 79.9. The van der Waals surface area contributed by atoms with E-state index in [9.17, 15) is 8.42 Å². The lowest BCUT2D eigenvalue weighted by Crippen LogP contribution is -2.34. The molecule has 0 heterocycles. The number of hydrogen-bond acceptors (Lipinski definition) is 3. The second-order valence-corrected chi connectivity index (χ2v) is 6.91. The summed E-state index contributed by atoms with van der Waals surface area (Å²) in [5.41, 5.74) is 1.12. The summed E-state index contributed by atoms with van der Waals surface area (Å²) in [6.07, 6.45) is 1.96. The molecule has 90 valence electrons. The van der Waals surface area contributed by atoms with Gasteiger partial charge in [0.1, 0.15) is 9.84 Å². The summed E-state index contributed by atoms with van der Waals surface area (Å²) in [6, 6.07) is 7.80. The van der Waals surface area contributed by atoms with Gasteiger partial charge in [0, 0.05) is 16.8 Å². The average molecular weight is 306 g/mol. The number of likely N-dealkylation sites (N-methyl/N-ethyl adjacent to an activating group) is 1. The third-order valence-corrected chi connectivity index (χ3v) is 4.12. The number of nitrogens with one attached hydrogen (secondary N) is 1. The summed E-state index contributed by atoms with van der Waals surface area (Å²) >= 11 is 3.46. The predicted molar refractivity (Wildman–Crippen MR) is 70.4 cm³/mol. The monoisotopic (exact) mass is 305 g/mol. The Balaban J connectivity index is 2.75. The number of rotatable bonds is 5. The van der Waals surface area contributed by atoms with Crippen LogP contribution in [-0.4, -0.2) is 33.5 Å². The second-order valence-electron chi connectivity index (χ2n) is 3.87. The number of benzene rings is 1. The lowest BCUT2D eigenvalue weighted by atomic mass is 10.1. The number of halogens is 1. The first-order valence-corrected chi connectivity index (χ1v) is 7.86. The fraction of sp³-hybridized carbons (Fsp3) is 0.455. The van der Waals surface area contributed by atoms with E-state index in [2.05, 4.69) is 21.2 Å². The van der Waals surface area contributed by atoms with Crippen LogP contribution in [0.3, 0.4) is 0 Å². The Kier molecular flexibility index (Phi) is 4.95. The van der Waals surface area contributed by atoms with Crippen LogP contribution in [0.4, 0.5) is 0 Å². The van der Waals surface area contributed by atoms with Gasteiger partial charge in [0.25, 0.3) is 0 Å². The van der Waals surface area contributed by atoms with E-state index in [1.165, 1.54) is 6.26 Å². The first kappa shape index (κ1) is 13.7. The maximum atomic E-state index is 11.2. The summed E-state index contributed by atoms with van der Waals surface area (Å²) in [7, 11) is -1.16. The molecule has 0 fully saturated rings. The highest BCUT2D eigenvalue weighted by molar-refractivity contribution is 9.10. The van der Waals surface area contributed by atoms with Crippen molar-refractivity contribution >= 4 is 25.8 Å². The van der Waals surface area contributed by atoms with E-state index in [1.54, 1.807) is 7.05 Å². The molecule has 1 N–H and O–H groups in total. The van der Waals surface area contributed by atoms with Crippen molar-refractivity contribution in [2.45, 2.75) is 12.5 Å². The third-order valence-electron chi connectivity index (χ3n) is 2.34. The zero-order chi connectivity index (χ0) is 12.2. The average Bonchev–Trinajstić information content (AvgIpc) is 2.18. The molecule has 0 radical (unpaired) electrons. The molecule has 1 aromatic carbocycles. The minimum absolute atomic E-state index is 0.0475.